The molecule has 1 saturated heterocycles. The van der Waals surface area contributed by atoms with Crippen molar-refractivity contribution in [3.63, 3.8) is 0 Å². The van der Waals surface area contributed by atoms with Crippen LogP contribution in [0.3, 0.4) is 0 Å². The van der Waals surface area contributed by atoms with E-state index in [9.17, 15) is 19.2 Å². The largest absolute Gasteiger partial charge is 0.363 e. The molecule has 11 heteroatoms. The summed E-state index contributed by atoms with van der Waals surface area (Å²) in [6.07, 6.45) is 1.08. The van der Waals surface area contributed by atoms with Crippen molar-refractivity contribution in [1.82, 2.24) is 25.4 Å². The lowest BCUT2D eigenvalue weighted by Gasteiger charge is -2.36. The predicted octanol–water partition coefficient (Wildman–Crippen LogP) is 2.08. The first-order valence-electron chi connectivity index (χ1n) is 13.3. The number of nitrogens with one attached hydrogen (secondary N) is 3. The maximum absolute atomic E-state index is 12.8. The molecular formula is C29H29N7O4. The van der Waals surface area contributed by atoms with Gasteiger partial charge in [-0.2, -0.15) is 0 Å². The van der Waals surface area contributed by atoms with Crippen molar-refractivity contribution in [3.05, 3.63) is 64.8 Å². The highest BCUT2D eigenvalue weighted by atomic mass is 16.2. The SMILES string of the molecule is CN(C)C(=O)NC12CC(=O)Nc3cccc(c31)N(Cc1ccc3cc4c(cc3n1)CC1(C4)C(=O)NC(=O)N1C)C2. The number of imide groups is 1. The Balaban J connectivity index is 1.21. The first-order valence-corrected chi connectivity index (χ1v) is 13.3. The molecule has 3 aromatic rings. The van der Waals surface area contributed by atoms with E-state index in [1.165, 1.54) is 9.80 Å². The van der Waals surface area contributed by atoms with E-state index in [4.69, 9.17) is 4.98 Å². The van der Waals surface area contributed by atoms with Crippen LogP contribution in [0.25, 0.3) is 10.9 Å². The summed E-state index contributed by atoms with van der Waals surface area (Å²) in [7, 11) is 5.03. The fourth-order valence-electron chi connectivity index (χ4n) is 6.77. The third-order valence-electron chi connectivity index (χ3n) is 8.79. The van der Waals surface area contributed by atoms with Crippen molar-refractivity contribution >= 4 is 46.2 Å². The molecule has 1 fully saturated rings. The number of carbonyl (C=O) groups is 4. The number of likely N-dealkylation sites (N-methyl/N-ethyl adjacent to an activating group) is 1. The van der Waals surface area contributed by atoms with Gasteiger partial charge in [0.15, 0.2) is 0 Å². The lowest BCUT2D eigenvalue weighted by Crippen LogP contribution is -2.55. The van der Waals surface area contributed by atoms with Gasteiger partial charge >= 0.3 is 12.1 Å². The van der Waals surface area contributed by atoms with Crippen LogP contribution in [-0.2, 0) is 34.5 Å². The predicted molar refractivity (Wildman–Crippen MR) is 148 cm³/mol. The van der Waals surface area contributed by atoms with Gasteiger partial charge in [-0.25, -0.2) is 9.59 Å². The lowest BCUT2D eigenvalue weighted by atomic mass is 9.84. The summed E-state index contributed by atoms with van der Waals surface area (Å²) in [5.74, 6) is -0.388. The quantitative estimate of drug-likeness (QED) is 0.438. The average molecular weight is 540 g/mol. The number of carbonyl (C=O) groups excluding carboxylic acids is 4. The Morgan fingerprint density at radius 1 is 1.05 bits per heavy atom. The van der Waals surface area contributed by atoms with Crippen molar-refractivity contribution in [2.24, 2.45) is 0 Å². The Bertz CT molecular complexity index is 1670. The van der Waals surface area contributed by atoms with Gasteiger partial charge in [0.2, 0.25) is 5.91 Å². The van der Waals surface area contributed by atoms with Crippen LogP contribution in [0.2, 0.25) is 0 Å². The van der Waals surface area contributed by atoms with E-state index >= 15 is 0 Å². The van der Waals surface area contributed by atoms with Crippen LogP contribution in [-0.4, -0.2) is 71.9 Å². The van der Waals surface area contributed by atoms with E-state index in [0.29, 0.717) is 31.6 Å². The van der Waals surface area contributed by atoms with Gasteiger partial charge in [0.1, 0.15) is 5.54 Å². The van der Waals surface area contributed by atoms with Gasteiger partial charge in [0, 0.05) is 62.9 Å². The molecule has 0 saturated carbocycles. The number of hydrogen-bond acceptors (Lipinski definition) is 6. The van der Waals surface area contributed by atoms with Crippen LogP contribution in [0.15, 0.2) is 42.5 Å². The molecule has 7 rings (SSSR count). The number of amides is 6. The highest BCUT2D eigenvalue weighted by molar-refractivity contribution is 6.08. The summed E-state index contributed by atoms with van der Waals surface area (Å²) in [4.78, 5) is 60.5. The summed E-state index contributed by atoms with van der Waals surface area (Å²) < 4.78 is 0. The molecule has 4 heterocycles. The zero-order valence-electron chi connectivity index (χ0n) is 22.5. The van der Waals surface area contributed by atoms with E-state index in [1.807, 2.05) is 36.4 Å². The second-order valence-electron chi connectivity index (χ2n) is 11.5. The van der Waals surface area contributed by atoms with E-state index in [0.717, 1.165) is 39.0 Å². The van der Waals surface area contributed by atoms with Crippen molar-refractivity contribution < 1.29 is 19.2 Å². The van der Waals surface area contributed by atoms with E-state index in [1.54, 1.807) is 21.1 Å². The molecule has 0 radical (unpaired) electrons. The number of pyridine rings is 1. The summed E-state index contributed by atoms with van der Waals surface area (Å²) in [5, 5.41) is 9.51. The van der Waals surface area contributed by atoms with E-state index in [2.05, 4.69) is 26.9 Å². The van der Waals surface area contributed by atoms with Crippen molar-refractivity contribution in [2.75, 3.05) is 37.9 Å². The van der Waals surface area contributed by atoms with Crippen LogP contribution in [0.4, 0.5) is 21.0 Å². The number of rotatable bonds is 3. The van der Waals surface area contributed by atoms with E-state index in [-0.39, 0.29) is 30.3 Å². The number of nitrogens with zero attached hydrogens (tertiary/aromatic N) is 4. The van der Waals surface area contributed by atoms with Gasteiger partial charge in [-0.15, -0.1) is 0 Å². The van der Waals surface area contributed by atoms with Crippen molar-refractivity contribution in [1.29, 1.82) is 0 Å². The Morgan fingerprint density at radius 3 is 2.55 bits per heavy atom. The molecule has 2 atom stereocenters. The zero-order valence-corrected chi connectivity index (χ0v) is 22.5. The van der Waals surface area contributed by atoms with Crippen LogP contribution >= 0.6 is 0 Å². The summed E-state index contributed by atoms with van der Waals surface area (Å²) >= 11 is 0. The van der Waals surface area contributed by atoms with Gasteiger partial charge in [0.05, 0.1) is 29.7 Å². The van der Waals surface area contributed by atoms with Crippen LogP contribution < -0.4 is 20.9 Å². The van der Waals surface area contributed by atoms with Gasteiger partial charge in [-0.3, -0.25) is 19.9 Å². The number of benzene rings is 2. The summed E-state index contributed by atoms with van der Waals surface area (Å²) in [5.41, 5.74) is 4.60. The first kappa shape index (κ1) is 24.4. The number of urea groups is 2. The van der Waals surface area contributed by atoms with Gasteiger partial charge in [-0.05, 0) is 41.5 Å². The Hall–Kier alpha value is -4.67. The maximum atomic E-state index is 12.8. The molecule has 1 aliphatic carbocycles. The highest BCUT2D eigenvalue weighted by Gasteiger charge is 2.54. The van der Waals surface area contributed by atoms with Crippen molar-refractivity contribution in [3.8, 4) is 0 Å². The molecule has 1 aromatic heterocycles. The van der Waals surface area contributed by atoms with Crippen molar-refractivity contribution in [2.45, 2.75) is 36.9 Å². The highest BCUT2D eigenvalue weighted by Crippen LogP contribution is 2.48. The third kappa shape index (κ3) is 3.39. The Labute approximate surface area is 230 Å². The molecule has 2 aromatic carbocycles. The maximum Gasteiger partial charge on any atom is 0.324 e. The standard InChI is InChI=1S/C29H29N7O4/c1-34(2)27(40)33-28-13-23(37)31-20-5-4-6-22(24(20)28)36(15-28)14-19-8-7-16-9-17-11-29(12-18(17)10-21(16)30-19)25(38)32-26(39)35(29)3/h4-10H,11-15H2,1-3H3,(H,31,37)(H,33,40)(H,32,38,39). The minimum Gasteiger partial charge on any atom is -0.363 e. The Morgan fingerprint density at radius 2 is 1.82 bits per heavy atom. The molecule has 3 aliphatic heterocycles. The Kier molecular flexibility index (Phi) is 4.98. The molecule has 0 bridgehead atoms. The molecule has 1 spiro atoms. The zero-order chi connectivity index (χ0) is 28.0. The fourth-order valence-corrected chi connectivity index (χ4v) is 6.77. The minimum absolute atomic E-state index is 0.135. The second-order valence-corrected chi connectivity index (χ2v) is 11.5. The number of fused-ring (bicyclic) bond motifs is 2. The van der Waals surface area contributed by atoms with Gasteiger partial charge < -0.3 is 25.3 Å². The van der Waals surface area contributed by atoms with Crippen LogP contribution in [0.5, 0.6) is 0 Å². The first-order chi connectivity index (χ1) is 19.1. The molecule has 6 amide bonds. The molecule has 11 nitrogen and oxygen atoms in total. The fraction of sp³-hybridized carbons (Fsp3) is 0.345. The number of anilines is 2. The smallest absolute Gasteiger partial charge is 0.324 e. The normalized spacial score (nSPS) is 24.3. The van der Waals surface area contributed by atoms with Crippen LogP contribution in [0.1, 0.15) is 28.8 Å². The lowest BCUT2D eigenvalue weighted by molar-refractivity contribution is -0.125. The molecule has 4 aliphatic rings. The van der Waals surface area contributed by atoms with Gasteiger partial charge in [-0.1, -0.05) is 12.1 Å². The summed E-state index contributed by atoms with van der Waals surface area (Å²) in [6, 6.07) is 13.3. The topological polar surface area (TPSA) is 127 Å². The molecule has 204 valence electrons. The monoisotopic (exact) mass is 539 g/mol. The summed E-state index contributed by atoms with van der Waals surface area (Å²) in [6.45, 7) is 0.926. The molecule has 40 heavy (non-hydrogen) atoms. The van der Waals surface area contributed by atoms with E-state index < -0.39 is 11.1 Å². The minimum atomic E-state index is -0.880. The van der Waals surface area contributed by atoms with Gasteiger partial charge in [0.25, 0.3) is 5.91 Å². The molecule has 2 unspecified atom stereocenters. The molecular weight excluding hydrogens is 510 g/mol. The third-order valence-corrected chi connectivity index (χ3v) is 8.79. The second kappa shape index (κ2) is 8.17. The van der Waals surface area contributed by atoms with Crippen LogP contribution in [0, 0.1) is 0 Å². The number of hydrogen-bond donors (Lipinski definition) is 3. The average Bonchev–Trinajstić information content (AvgIpc) is 3.49. The number of aromatic nitrogens is 1. The molecule has 3 N–H and O–H groups in total.